The van der Waals surface area contributed by atoms with E-state index in [4.69, 9.17) is 10.5 Å². The maximum Gasteiger partial charge on any atom is 0.407 e. The molecule has 124 valence electrons. The van der Waals surface area contributed by atoms with Gasteiger partial charge in [-0.1, -0.05) is 32.0 Å². The van der Waals surface area contributed by atoms with E-state index in [1.165, 1.54) is 0 Å². The largest absolute Gasteiger partial charge is 0.444 e. The zero-order valence-electron chi connectivity index (χ0n) is 14.3. The number of para-hydroxylation sites is 1. The molecule has 0 aliphatic heterocycles. The summed E-state index contributed by atoms with van der Waals surface area (Å²) >= 11 is 0. The van der Waals surface area contributed by atoms with Gasteiger partial charge in [-0.2, -0.15) is 0 Å². The van der Waals surface area contributed by atoms with Gasteiger partial charge in [-0.3, -0.25) is 0 Å². The predicted octanol–water partition coefficient (Wildman–Crippen LogP) is 2.91. The third-order valence-electron chi connectivity index (χ3n) is 3.28. The summed E-state index contributed by atoms with van der Waals surface area (Å²) in [6, 6.07) is 7.92. The molecule has 1 atom stereocenters. The van der Waals surface area contributed by atoms with E-state index in [2.05, 4.69) is 24.5 Å². The molecule has 1 amide bonds. The number of alkyl carbamates (subject to hydrolysis) is 1. The summed E-state index contributed by atoms with van der Waals surface area (Å²) in [7, 11) is 0. The molecular weight excluding hydrogens is 278 g/mol. The molecule has 1 aromatic rings. The number of rotatable bonds is 6. The number of hydrogen-bond donors (Lipinski definition) is 3. The molecule has 1 unspecified atom stereocenters. The highest BCUT2D eigenvalue weighted by atomic mass is 16.6. The molecule has 0 aliphatic carbocycles. The summed E-state index contributed by atoms with van der Waals surface area (Å²) in [5, 5.41) is 6.26. The van der Waals surface area contributed by atoms with Crippen LogP contribution in [0.4, 0.5) is 10.5 Å². The van der Waals surface area contributed by atoms with Crippen LogP contribution in [0.25, 0.3) is 0 Å². The highest BCUT2D eigenvalue weighted by Gasteiger charge is 2.19. The van der Waals surface area contributed by atoms with Crippen molar-refractivity contribution in [1.82, 2.24) is 10.6 Å². The van der Waals surface area contributed by atoms with Gasteiger partial charge in [0.25, 0.3) is 0 Å². The quantitative estimate of drug-likeness (QED) is 0.706. The summed E-state index contributed by atoms with van der Waals surface area (Å²) in [6.45, 7) is 11.0. The predicted molar refractivity (Wildman–Crippen MR) is 90.6 cm³/mol. The zero-order chi connectivity index (χ0) is 16.8. The third kappa shape index (κ3) is 6.80. The van der Waals surface area contributed by atoms with Crippen LogP contribution in [-0.4, -0.2) is 24.3 Å². The maximum atomic E-state index is 11.7. The fraction of sp³-hybridized carbons (Fsp3) is 0.588. The lowest BCUT2D eigenvalue weighted by atomic mass is 10.0. The number of benzene rings is 1. The fourth-order valence-corrected chi connectivity index (χ4v) is 1.99. The lowest BCUT2D eigenvalue weighted by molar-refractivity contribution is 0.0519. The van der Waals surface area contributed by atoms with Crippen LogP contribution in [0.1, 0.15) is 40.2 Å². The van der Waals surface area contributed by atoms with E-state index in [0.29, 0.717) is 19.0 Å². The van der Waals surface area contributed by atoms with Gasteiger partial charge in [0.2, 0.25) is 0 Å². The molecule has 0 radical (unpaired) electrons. The topological polar surface area (TPSA) is 76.4 Å². The summed E-state index contributed by atoms with van der Waals surface area (Å²) < 4.78 is 5.25. The first-order valence-electron chi connectivity index (χ1n) is 7.72. The van der Waals surface area contributed by atoms with Gasteiger partial charge in [0.1, 0.15) is 5.60 Å². The van der Waals surface area contributed by atoms with Crippen molar-refractivity contribution in [1.29, 1.82) is 0 Å². The Hall–Kier alpha value is -1.75. The molecule has 0 saturated heterocycles. The van der Waals surface area contributed by atoms with E-state index in [1.54, 1.807) is 0 Å². The number of carbonyl (C=O) groups is 1. The van der Waals surface area contributed by atoms with Crippen LogP contribution >= 0.6 is 0 Å². The molecule has 5 heteroatoms. The molecule has 0 saturated carbocycles. The Morgan fingerprint density at radius 1 is 1.27 bits per heavy atom. The molecule has 22 heavy (non-hydrogen) atoms. The normalized spacial score (nSPS) is 13.0. The van der Waals surface area contributed by atoms with E-state index in [1.807, 2.05) is 45.0 Å². The van der Waals surface area contributed by atoms with E-state index in [9.17, 15) is 4.79 Å². The molecule has 0 fully saturated rings. The maximum absolute atomic E-state index is 11.7. The van der Waals surface area contributed by atoms with Gasteiger partial charge in [0.15, 0.2) is 0 Å². The molecule has 4 N–H and O–H groups in total. The Labute approximate surface area is 133 Å². The van der Waals surface area contributed by atoms with Crippen LogP contribution in [0.5, 0.6) is 0 Å². The van der Waals surface area contributed by atoms with Gasteiger partial charge in [-0.05, 0) is 38.3 Å². The van der Waals surface area contributed by atoms with Gasteiger partial charge >= 0.3 is 6.09 Å². The molecule has 0 spiro atoms. The average Bonchev–Trinajstić information content (AvgIpc) is 2.38. The number of amides is 1. The Morgan fingerprint density at radius 3 is 2.45 bits per heavy atom. The number of ether oxygens (including phenoxy) is 1. The minimum atomic E-state index is -0.483. The lowest BCUT2D eigenvalue weighted by Crippen LogP contribution is -2.45. The second kappa shape index (κ2) is 8.03. The highest BCUT2D eigenvalue weighted by Crippen LogP contribution is 2.11. The Morgan fingerprint density at radius 2 is 1.91 bits per heavy atom. The van der Waals surface area contributed by atoms with Crippen molar-refractivity contribution < 1.29 is 9.53 Å². The summed E-state index contributed by atoms with van der Waals surface area (Å²) in [5.74, 6) is 0.375. The number of hydrogen-bond acceptors (Lipinski definition) is 4. The summed E-state index contributed by atoms with van der Waals surface area (Å²) in [4.78, 5) is 11.7. The van der Waals surface area contributed by atoms with Crippen LogP contribution in [0.3, 0.4) is 0 Å². The van der Waals surface area contributed by atoms with Crippen molar-refractivity contribution in [2.24, 2.45) is 5.92 Å². The van der Waals surface area contributed by atoms with E-state index < -0.39 is 5.60 Å². The number of anilines is 1. The number of nitrogen functional groups attached to an aromatic ring is 1. The number of nitrogens with two attached hydrogens (primary N) is 1. The molecule has 0 aromatic heterocycles. The van der Waals surface area contributed by atoms with Crippen LogP contribution < -0.4 is 16.4 Å². The van der Waals surface area contributed by atoms with Crippen molar-refractivity contribution >= 4 is 11.8 Å². The molecule has 0 heterocycles. The Bertz CT molecular complexity index is 481. The second-order valence-corrected chi connectivity index (χ2v) is 6.81. The van der Waals surface area contributed by atoms with Crippen LogP contribution in [-0.2, 0) is 11.3 Å². The summed E-state index contributed by atoms with van der Waals surface area (Å²) in [6.07, 6.45) is -0.390. The van der Waals surface area contributed by atoms with Gasteiger partial charge in [-0.25, -0.2) is 4.79 Å². The van der Waals surface area contributed by atoms with E-state index >= 15 is 0 Å². The minimum absolute atomic E-state index is 0.145. The molecule has 1 aromatic carbocycles. The van der Waals surface area contributed by atoms with Crippen LogP contribution in [0.15, 0.2) is 24.3 Å². The van der Waals surface area contributed by atoms with Gasteiger partial charge in [0.05, 0.1) is 0 Å². The monoisotopic (exact) mass is 307 g/mol. The molecular formula is C17H29N3O2. The van der Waals surface area contributed by atoms with Crippen LogP contribution in [0, 0.1) is 5.92 Å². The minimum Gasteiger partial charge on any atom is -0.444 e. The molecule has 1 rings (SSSR count). The number of carbonyl (C=O) groups excluding carboxylic acids is 1. The van der Waals surface area contributed by atoms with E-state index in [-0.39, 0.29) is 12.1 Å². The van der Waals surface area contributed by atoms with E-state index in [0.717, 1.165) is 11.3 Å². The Balaban J connectivity index is 2.49. The average molecular weight is 307 g/mol. The van der Waals surface area contributed by atoms with Crippen molar-refractivity contribution in [2.45, 2.75) is 52.8 Å². The first-order valence-corrected chi connectivity index (χ1v) is 7.72. The van der Waals surface area contributed by atoms with Crippen molar-refractivity contribution in [2.75, 3.05) is 12.3 Å². The van der Waals surface area contributed by atoms with Crippen molar-refractivity contribution in [3.63, 3.8) is 0 Å². The van der Waals surface area contributed by atoms with Crippen molar-refractivity contribution in [3.8, 4) is 0 Å². The van der Waals surface area contributed by atoms with Crippen molar-refractivity contribution in [3.05, 3.63) is 29.8 Å². The standard InChI is InChI=1S/C17H29N3O2/c1-12(2)15(11-20-16(21)22-17(3,4)5)19-10-13-8-6-7-9-14(13)18/h6-9,12,15,19H,10-11,18H2,1-5H3,(H,20,21). The first-order chi connectivity index (χ1) is 10.2. The number of nitrogens with one attached hydrogen (secondary N) is 2. The zero-order valence-corrected chi connectivity index (χ0v) is 14.3. The van der Waals surface area contributed by atoms with Gasteiger partial charge in [0, 0.05) is 24.8 Å². The van der Waals surface area contributed by atoms with Gasteiger partial charge in [-0.15, -0.1) is 0 Å². The highest BCUT2D eigenvalue weighted by molar-refractivity contribution is 5.67. The smallest absolute Gasteiger partial charge is 0.407 e. The Kier molecular flexibility index (Phi) is 6.68. The van der Waals surface area contributed by atoms with Crippen LogP contribution in [0.2, 0.25) is 0 Å². The lowest BCUT2D eigenvalue weighted by Gasteiger charge is -2.25. The first kappa shape index (κ1) is 18.3. The second-order valence-electron chi connectivity index (χ2n) is 6.81. The molecule has 5 nitrogen and oxygen atoms in total. The molecule has 0 aliphatic rings. The summed E-state index contributed by atoms with van der Waals surface area (Å²) in [5.41, 5.74) is 7.30. The van der Waals surface area contributed by atoms with Gasteiger partial charge < -0.3 is 21.1 Å². The SMILES string of the molecule is CC(C)C(CNC(=O)OC(C)(C)C)NCc1ccccc1N. The fourth-order valence-electron chi connectivity index (χ4n) is 1.99. The molecule has 0 bridgehead atoms. The third-order valence-corrected chi connectivity index (χ3v) is 3.28.